The summed E-state index contributed by atoms with van der Waals surface area (Å²) in [5, 5.41) is 11.6. The van der Waals surface area contributed by atoms with Crippen molar-refractivity contribution in [3.05, 3.63) is 42.2 Å². The number of nitrogens with one attached hydrogen (secondary N) is 1. The van der Waals surface area contributed by atoms with Crippen LogP contribution in [0.4, 0.5) is 4.39 Å². The van der Waals surface area contributed by atoms with E-state index >= 15 is 0 Å². The lowest BCUT2D eigenvalue weighted by Crippen LogP contribution is -2.13. The molecule has 102 valence electrons. The molecule has 0 aliphatic rings. The van der Waals surface area contributed by atoms with Gasteiger partial charge in [-0.15, -0.1) is 0 Å². The van der Waals surface area contributed by atoms with E-state index in [0.717, 1.165) is 0 Å². The maximum atomic E-state index is 13.7. The van der Waals surface area contributed by atoms with Gasteiger partial charge in [-0.2, -0.15) is 10.1 Å². The van der Waals surface area contributed by atoms with Gasteiger partial charge in [0.25, 0.3) is 15.2 Å². The summed E-state index contributed by atoms with van der Waals surface area (Å²) in [6.45, 7) is 0. The van der Waals surface area contributed by atoms with Crippen molar-refractivity contribution in [2.45, 2.75) is 5.16 Å². The molecule has 0 radical (unpaired) electrons. The lowest BCUT2D eigenvalue weighted by Gasteiger charge is -2.03. The predicted octanol–water partition coefficient (Wildman–Crippen LogP) is 1.41. The SMILES string of the molecule is NS(=O)(=O)c1nc(-c2ccc(F)c3ccccc23)n[nH]1. The van der Waals surface area contributed by atoms with Gasteiger partial charge in [-0.3, -0.25) is 0 Å². The zero-order valence-corrected chi connectivity index (χ0v) is 10.9. The van der Waals surface area contributed by atoms with Crippen molar-refractivity contribution < 1.29 is 12.8 Å². The van der Waals surface area contributed by atoms with Crippen molar-refractivity contribution in [3.8, 4) is 11.4 Å². The molecule has 3 rings (SSSR count). The number of nitrogens with zero attached hydrogens (tertiary/aromatic N) is 2. The molecule has 8 heteroatoms. The number of aromatic nitrogens is 3. The van der Waals surface area contributed by atoms with Crippen LogP contribution >= 0.6 is 0 Å². The highest BCUT2D eigenvalue weighted by Gasteiger charge is 2.17. The number of H-pyrrole nitrogens is 1. The summed E-state index contributed by atoms with van der Waals surface area (Å²) in [6.07, 6.45) is 0. The number of sulfonamides is 1. The van der Waals surface area contributed by atoms with Gasteiger partial charge in [-0.1, -0.05) is 24.3 Å². The highest BCUT2D eigenvalue weighted by Crippen LogP contribution is 2.28. The molecule has 1 aromatic heterocycles. The Kier molecular flexibility index (Phi) is 2.77. The highest BCUT2D eigenvalue weighted by molar-refractivity contribution is 7.89. The van der Waals surface area contributed by atoms with Crippen LogP contribution in [0.1, 0.15) is 0 Å². The normalized spacial score (nSPS) is 11.9. The number of rotatable bonds is 2. The number of fused-ring (bicyclic) bond motifs is 1. The lowest BCUT2D eigenvalue weighted by molar-refractivity contribution is 0.589. The minimum atomic E-state index is -3.95. The third-order valence-electron chi connectivity index (χ3n) is 2.85. The van der Waals surface area contributed by atoms with Crippen molar-refractivity contribution in [3.63, 3.8) is 0 Å². The molecule has 0 unspecified atom stereocenters. The molecule has 0 fully saturated rings. The molecule has 0 aliphatic heterocycles. The fourth-order valence-corrected chi connectivity index (χ4v) is 2.34. The van der Waals surface area contributed by atoms with Crippen LogP contribution in [0.15, 0.2) is 41.6 Å². The largest absolute Gasteiger partial charge is 0.273 e. The van der Waals surface area contributed by atoms with Crippen LogP contribution < -0.4 is 5.14 Å². The molecule has 1 heterocycles. The van der Waals surface area contributed by atoms with E-state index < -0.39 is 15.2 Å². The van der Waals surface area contributed by atoms with Crippen molar-refractivity contribution in [1.82, 2.24) is 15.2 Å². The molecular weight excluding hydrogens is 283 g/mol. The van der Waals surface area contributed by atoms with Crippen molar-refractivity contribution in [2.24, 2.45) is 5.14 Å². The third-order valence-corrected chi connectivity index (χ3v) is 3.57. The Hall–Kier alpha value is -2.32. The summed E-state index contributed by atoms with van der Waals surface area (Å²) in [6, 6.07) is 9.57. The van der Waals surface area contributed by atoms with Gasteiger partial charge in [-0.25, -0.2) is 23.0 Å². The molecule has 6 nitrogen and oxygen atoms in total. The first kappa shape index (κ1) is 12.7. The van der Waals surface area contributed by atoms with Gasteiger partial charge in [0, 0.05) is 10.9 Å². The number of benzene rings is 2. The minimum absolute atomic E-state index is 0.144. The van der Waals surface area contributed by atoms with Gasteiger partial charge in [0.1, 0.15) is 5.82 Å². The second-order valence-corrected chi connectivity index (χ2v) is 5.63. The summed E-state index contributed by atoms with van der Waals surface area (Å²) in [4.78, 5) is 3.83. The van der Waals surface area contributed by atoms with Crippen LogP contribution in [-0.4, -0.2) is 23.6 Å². The van der Waals surface area contributed by atoms with Crippen LogP contribution in [0, 0.1) is 5.82 Å². The van der Waals surface area contributed by atoms with E-state index in [2.05, 4.69) is 15.2 Å². The van der Waals surface area contributed by atoms with Crippen molar-refractivity contribution in [1.29, 1.82) is 0 Å². The molecule has 20 heavy (non-hydrogen) atoms. The zero-order chi connectivity index (χ0) is 14.3. The average Bonchev–Trinajstić information content (AvgIpc) is 2.89. The standard InChI is InChI=1S/C12H9FN4O2S/c13-10-6-5-9(7-3-1-2-4-8(7)10)11-15-12(17-16-11)20(14,18)19/h1-6H,(H2,14,18,19)(H,15,16,17). The first-order valence-electron chi connectivity index (χ1n) is 5.59. The summed E-state index contributed by atoms with van der Waals surface area (Å²) in [5.74, 6) is -0.225. The van der Waals surface area contributed by atoms with E-state index in [1.807, 2.05) is 0 Å². The molecule has 0 saturated carbocycles. The van der Waals surface area contributed by atoms with E-state index in [9.17, 15) is 12.8 Å². The molecule has 3 aromatic rings. The monoisotopic (exact) mass is 292 g/mol. The maximum Gasteiger partial charge on any atom is 0.273 e. The Morgan fingerprint density at radius 2 is 1.80 bits per heavy atom. The number of aromatic amines is 1. The second kappa shape index (κ2) is 4.36. The smallest absolute Gasteiger partial charge is 0.248 e. The Morgan fingerprint density at radius 1 is 1.10 bits per heavy atom. The summed E-state index contributed by atoms with van der Waals surface area (Å²) in [5.41, 5.74) is 0.521. The molecule has 0 bridgehead atoms. The molecular formula is C12H9FN4O2S. The van der Waals surface area contributed by atoms with Crippen LogP contribution in [0.5, 0.6) is 0 Å². The molecule has 0 atom stereocenters. The van der Waals surface area contributed by atoms with Gasteiger partial charge >= 0.3 is 0 Å². The Morgan fingerprint density at radius 3 is 2.45 bits per heavy atom. The lowest BCUT2D eigenvalue weighted by atomic mass is 10.0. The van der Waals surface area contributed by atoms with Gasteiger partial charge in [0.05, 0.1) is 0 Å². The number of halogens is 1. The molecule has 0 aliphatic carbocycles. The molecule has 0 amide bonds. The highest BCUT2D eigenvalue weighted by atomic mass is 32.2. The predicted molar refractivity (Wildman–Crippen MR) is 70.7 cm³/mol. The minimum Gasteiger partial charge on any atom is -0.248 e. The number of hydrogen-bond acceptors (Lipinski definition) is 4. The molecule has 3 N–H and O–H groups in total. The average molecular weight is 292 g/mol. The van der Waals surface area contributed by atoms with E-state index in [1.54, 1.807) is 24.3 Å². The topological polar surface area (TPSA) is 102 Å². The Labute approximate surface area is 113 Å². The van der Waals surface area contributed by atoms with Crippen LogP contribution in [-0.2, 0) is 10.0 Å². The van der Waals surface area contributed by atoms with E-state index in [-0.39, 0.29) is 11.6 Å². The maximum absolute atomic E-state index is 13.7. The molecule has 2 aromatic carbocycles. The van der Waals surface area contributed by atoms with Gasteiger partial charge in [0.15, 0.2) is 5.82 Å². The molecule has 0 spiro atoms. The summed E-state index contributed by atoms with van der Waals surface area (Å²) >= 11 is 0. The van der Waals surface area contributed by atoms with E-state index in [0.29, 0.717) is 16.3 Å². The Bertz CT molecular complexity index is 905. The van der Waals surface area contributed by atoms with Crippen molar-refractivity contribution in [2.75, 3.05) is 0 Å². The first-order valence-corrected chi connectivity index (χ1v) is 7.14. The summed E-state index contributed by atoms with van der Waals surface area (Å²) < 4.78 is 36.1. The number of hydrogen-bond donors (Lipinski definition) is 2. The third kappa shape index (κ3) is 2.04. The van der Waals surface area contributed by atoms with Gasteiger partial charge in [0.2, 0.25) is 0 Å². The Balaban J connectivity index is 2.25. The quantitative estimate of drug-likeness (QED) is 0.745. The van der Waals surface area contributed by atoms with E-state index in [1.165, 1.54) is 12.1 Å². The van der Waals surface area contributed by atoms with Crippen LogP contribution in [0.25, 0.3) is 22.2 Å². The van der Waals surface area contributed by atoms with Crippen LogP contribution in [0.2, 0.25) is 0 Å². The van der Waals surface area contributed by atoms with Gasteiger partial charge in [-0.05, 0) is 17.5 Å². The number of nitrogens with two attached hydrogens (primary N) is 1. The van der Waals surface area contributed by atoms with Crippen molar-refractivity contribution >= 4 is 20.8 Å². The van der Waals surface area contributed by atoms with Gasteiger partial charge < -0.3 is 0 Å². The van der Waals surface area contributed by atoms with Crippen LogP contribution in [0.3, 0.4) is 0 Å². The molecule has 0 saturated heterocycles. The summed E-state index contributed by atoms with van der Waals surface area (Å²) in [7, 11) is -3.95. The number of primary sulfonamides is 1. The van der Waals surface area contributed by atoms with E-state index in [4.69, 9.17) is 5.14 Å². The second-order valence-electron chi connectivity index (χ2n) is 4.15. The zero-order valence-electron chi connectivity index (χ0n) is 10.0. The fourth-order valence-electron chi connectivity index (χ4n) is 1.95. The fraction of sp³-hybridized carbons (Fsp3) is 0. The first-order chi connectivity index (χ1) is 9.47.